The second-order valence-corrected chi connectivity index (χ2v) is 21.3. The molecule has 0 radical (unpaired) electrons. The Kier molecular flexibility index (Phi) is 14.5. The monoisotopic (exact) mass is 1090 g/mol. The SMILES string of the molecule is Cc1c(C#N)c(Nc2ccc(Cl)c(S(=O)(=O)O)c2)nc(Nc2ccc(Cl)cc2)c1N=Nc1sc(N=Nc2cc(S(=O)(=O)O)c3cccc(S(=O)(=O)O)c3c2)c(-c2cccc(NC(=O)c3ccccc3)c2)c1C#N. The number of carbonyl (C=O) groups excluding carboxylic acids is 1. The number of anilines is 5. The molecule has 0 atom stereocenters. The summed E-state index contributed by atoms with van der Waals surface area (Å²) in [7, 11) is -14.8. The van der Waals surface area contributed by atoms with E-state index in [0.717, 1.165) is 35.6 Å². The van der Waals surface area contributed by atoms with Gasteiger partial charge in [0.25, 0.3) is 36.3 Å². The molecule has 2 heterocycles. The molecule has 0 aliphatic heterocycles. The number of nitrogens with zero attached hydrogens (tertiary/aromatic N) is 7. The van der Waals surface area contributed by atoms with Gasteiger partial charge in [0.05, 0.1) is 16.3 Å². The minimum atomic E-state index is -5.04. The quantitative estimate of drug-likeness (QED) is 0.0435. The first kappa shape index (κ1) is 51.3. The Hall–Kier alpha value is -8.01. The van der Waals surface area contributed by atoms with E-state index in [1.807, 2.05) is 0 Å². The van der Waals surface area contributed by atoms with Crippen LogP contribution in [0.3, 0.4) is 0 Å². The summed E-state index contributed by atoms with van der Waals surface area (Å²) >= 11 is 13.0. The Morgan fingerprint density at radius 1 is 0.616 bits per heavy atom. The number of aromatic nitrogens is 1. The van der Waals surface area contributed by atoms with Crippen molar-refractivity contribution >= 4 is 132 Å². The van der Waals surface area contributed by atoms with Crippen LogP contribution in [0.4, 0.5) is 50.1 Å². The normalized spacial score (nSPS) is 11.9. The predicted octanol–water partition coefficient (Wildman–Crippen LogP) is 12.6. The van der Waals surface area contributed by atoms with Crippen LogP contribution in [0, 0.1) is 29.6 Å². The third kappa shape index (κ3) is 11.4. The van der Waals surface area contributed by atoms with Crippen LogP contribution in [0.2, 0.25) is 10.0 Å². The molecule has 0 saturated heterocycles. The number of nitriles is 2. The van der Waals surface area contributed by atoms with Gasteiger partial charge in [0, 0.05) is 49.5 Å². The summed E-state index contributed by atoms with van der Waals surface area (Å²) in [5.74, 6) is -0.554. The smallest absolute Gasteiger partial charge is 0.296 e. The second kappa shape index (κ2) is 20.6. The number of carbonyl (C=O) groups is 1. The fraction of sp³-hybridized carbons (Fsp3) is 0.0213. The maximum atomic E-state index is 13.2. The molecule has 0 aliphatic rings. The molecule has 6 aromatic carbocycles. The highest BCUT2D eigenvalue weighted by atomic mass is 35.5. The van der Waals surface area contributed by atoms with Gasteiger partial charge in [0.1, 0.15) is 43.1 Å². The zero-order valence-electron chi connectivity index (χ0n) is 36.8. The minimum absolute atomic E-state index is 0.0127. The second-order valence-electron chi connectivity index (χ2n) is 15.3. The average molecular weight is 1090 g/mol. The molecule has 26 heteroatoms. The molecule has 0 bridgehead atoms. The number of pyridine rings is 1. The van der Waals surface area contributed by atoms with Crippen LogP contribution in [0.1, 0.15) is 27.0 Å². The first-order chi connectivity index (χ1) is 34.6. The molecule has 73 heavy (non-hydrogen) atoms. The van der Waals surface area contributed by atoms with Gasteiger partial charge in [-0.25, -0.2) is 4.98 Å². The topological polar surface area (TPSA) is 326 Å². The summed E-state index contributed by atoms with van der Waals surface area (Å²) in [5.41, 5.74) is 1.16. The molecule has 8 aromatic rings. The van der Waals surface area contributed by atoms with E-state index >= 15 is 0 Å². The lowest BCUT2D eigenvalue weighted by Crippen LogP contribution is -2.11. The van der Waals surface area contributed by atoms with E-state index in [4.69, 9.17) is 23.2 Å². The molecule has 2 aromatic heterocycles. The number of rotatable bonds is 14. The zero-order chi connectivity index (χ0) is 52.4. The lowest BCUT2D eigenvalue weighted by molar-refractivity contribution is 0.102. The summed E-state index contributed by atoms with van der Waals surface area (Å²) < 4.78 is 104. The first-order valence-electron chi connectivity index (χ1n) is 20.5. The number of halogens is 2. The van der Waals surface area contributed by atoms with Crippen molar-refractivity contribution in [2.45, 2.75) is 21.6 Å². The Labute approximate surface area is 429 Å². The van der Waals surface area contributed by atoms with Gasteiger partial charge in [-0.2, -0.15) is 35.8 Å². The molecule has 0 spiro atoms. The molecular weight excluding hydrogens is 1060 g/mol. The third-order valence-electron chi connectivity index (χ3n) is 10.5. The Bertz CT molecular complexity index is 4070. The molecule has 20 nitrogen and oxygen atoms in total. The van der Waals surface area contributed by atoms with Crippen molar-refractivity contribution in [2.24, 2.45) is 20.5 Å². The molecule has 0 aliphatic carbocycles. The van der Waals surface area contributed by atoms with Crippen molar-refractivity contribution in [2.75, 3.05) is 16.0 Å². The highest BCUT2D eigenvalue weighted by Gasteiger charge is 2.25. The van der Waals surface area contributed by atoms with Gasteiger partial charge in [0.15, 0.2) is 16.6 Å². The van der Waals surface area contributed by atoms with E-state index in [1.165, 1.54) is 31.2 Å². The molecular formula is C47H30Cl2N10O10S4. The number of hydrogen-bond donors (Lipinski definition) is 6. The molecule has 6 N–H and O–H groups in total. The summed E-state index contributed by atoms with van der Waals surface area (Å²) in [6.07, 6.45) is 0. The third-order valence-corrected chi connectivity index (χ3v) is 14.8. The Morgan fingerprint density at radius 3 is 1.93 bits per heavy atom. The Balaban J connectivity index is 1.30. The maximum Gasteiger partial charge on any atom is 0.296 e. The maximum absolute atomic E-state index is 13.2. The van der Waals surface area contributed by atoms with E-state index in [0.29, 0.717) is 27.5 Å². The molecule has 0 saturated carbocycles. The highest BCUT2D eigenvalue weighted by Crippen LogP contribution is 2.49. The van der Waals surface area contributed by atoms with Crippen molar-refractivity contribution in [3.05, 3.63) is 160 Å². The molecule has 8 rings (SSSR count). The molecule has 0 fully saturated rings. The van der Waals surface area contributed by atoms with Gasteiger partial charge in [-0.05, 0) is 97.4 Å². The van der Waals surface area contributed by atoms with Crippen molar-refractivity contribution < 1.29 is 43.7 Å². The lowest BCUT2D eigenvalue weighted by atomic mass is 10.0. The van der Waals surface area contributed by atoms with Crippen LogP contribution in [0.15, 0.2) is 163 Å². The van der Waals surface area contributed by atoms with Gasteiger partial charge in [-0.15, -0.1) is 20.5 Å². The van der Waals surface area contributed by atoms with Gasteiger partial charge in [-0.3, -0.25) is 18.5 Å². The predicted molar refractivity (Wildman–Crippen MR) is 274 cm³/mol. The van der Waals surface area contributed by atoms with E-state index in [2.05, 4.69) is 53.5 Å². The number of azo groups is 2. The number of amides is 1. The van der Waals surface area contributed by atoms with Crippen molar-refractivity contribution in [3.63, 3.8) is 0 Å². The zero-order valence-corrected chi connectivity index (χ0v) is 41.6. The van der Waals surface area contributed by atoms with Crippen molar-refractivity contribution in [1.29, 1.82) is 10.5 Å². The number of hydrogen-bond acceptors (Lipinski definition) is 17. The summed E-state index contributed by atoms with van der Waals surface area (Å²) in [6, 6.07) is 34.3. The first-order valence-corrected chi connectivity index (χ1v) is 26.4. The number of benzene rings is 6. The van der Waals surface area contributed by atoms with Gasteiger partial charge in [0.2, 0.25) is 0 Å². The van der Waals surface area contributed by atoms with E-state index in [-0.39, 0.29) is 76.7 Å². The number of thiophene rings is 1. The standard InChI is InChI=1S/C47H30Cl2N10O10S4/c1-25-35(23-50)43(53-31-17-18-37(49)40(21-31)73(67,68)69)55-44(52-29-15-13-28(48)14-16-29)42(25)57-58-46-36(24-51)41(27-9-5-10-30(19-27)54-45(60)26-7-3-2-4-8-26)47(70-46)59-56-32-20-34-33(39(22-32)72(64,65)66)11-6-12-38(34)71(61,62)63/h2-22H,1H3,(H,54,60)(H2,52,53,55)(H,61,62,63)(H,64,65,66)(H,67,68,69). The van der Waals surface area contributed by atoms with Crippen molar-refractivity contribution in [3.8, 4) is 23.3 Å². The highest BCUT2D eigenvalue weighted by molar-refractivity contribution is 7.86. The van der Waals surface area contributed by atoms with Crippen LogP contribution >= 0.6 is 34.5 Å². The van der Waals surface area contributed by atoms with Crippen molar-refractivity contribution in [1.82, 2.24) is 4.98 Å². The molecule has 366 valence electrons. The van der Waals surface area contributed by atoms with Crippen LogP contribution in [-0.4, -0.2) is 49.8 Å². The molecule has 0 unspecified atom stereocenters. The van der Waals surface area contributed by atoms with Crippen LogP contribution < -0.4 is 16.0 Å². The summed E-state index contributed by atoms with van der Waals surface area (Å²) in [4.78, 5) is 15.8. The van der Waals surface area contributed by atoms with E-state index < -0.39 is 50.9 Å². The van der Waals surface area contributed by atoms with Gasteiger partial charge < -0.3 is 16.0 Å². The number of fused-ring (bicyclic) bond motifs is 1. The van der Waals surface area contributed by atoms with Crippen LogP contribution in [0.5, 0.6) is 0 Å². The fourth-order valence-electron chi connectivity index (χ4n) is 7.19. The van der Waals surface area contributed by atoms with Crippen LogP contribution in [0.25, 0.3) is 21.9 Å². The van der Waals surface area contributed by atoms with E-state index in [1.54, 1.807) is 78.9 Å². The average Bonchev–Trinajstić information content (AvgIpc) is 3.70. The Morgan fingerprint density at radius 2 is 1.26 bits per heavy atom. The summed E-state index contributed by atoms with van der Waals surface area (Å²) in [5, 5.41) is 47.1. The number of nitrogens with one attached hydrogen (secondary N) is 3. The molecule has 1 amide bonds. The fourth-order valence-corrected chi connectivity index (χ4v) is 10.7. The summed E-state index contributed by atoms with van der Waals surface area (Å²) in [6.45, 7) is 1.52. The minimum Gasteiger partial charge on any atom is -0.339 e. The largest absolute Gasteiger partial charge is 0.339 e. The van der Waals surface area contributed by atoms with Gasteiger partial charge in [-0.1, -0.05) is 77.0 Å². The van der Waals surface area contributed by atoms with E-state index in [9.17, 15) is 54.2 Å². The van der Waals surface area contributed by atoms with Gasteiger partial charge >= 0.3 is 0 Å². The lowest BCUT2D eigenvalue weighted by Gasteiger charge is -2.16. The van der Waals surface area contributed by atoms with Crippen LogP contribution in [-0.2, 0) is 30.4 Å².